The fourth-order valence-corrected chi connectivity index (χ4v) is 2.55. The van der Waals surface area contributed by atoms with Crippen molar-refractivity contribution in [2.45, 2.75) is 19.3 Å². The van der Waals surface area contributed by atoms with Crippen molar-refractivity contribution in [3.63, 3.8) is 0 Å². The second-order valence-electron chi connectivity index (χ2n) is 6.21. The Labute approximate surface area is 160 Å². The molecule has 140 valence electrons. The zero-order valence-corrected chi connectivity index (χ0v) is 15.3. The number of para-hydroxylation sites is 1. The van der Waals surface area contributed by atoms with Gasteiger partial charge in [-0.3, -0.25) is 0 Å². The lowest BCUT2D eigenvalue weighted by Gasteiger charge is -2.09. The van der Waals surface area contributed by atoms with Crippen molar-refractivity contribution in [1.29, 1.82) is 0 Å². The molecule has 0 aliphatic carbocycles. The van der Waals surface area contributed by atoms with E-state index in [1.54, 1.807) is 0 Å². The summed E-state index contributed by atoms with van der Waals surface area (Å²) in [5, 5.41) is 0. The van der Waals surface area contributed by atoms with E-state index in [4.69, 9.17) is 19.9 Å². The molecule has 0 bridgehead atoms. The second kappa shape index (κ2) is 10.1. The van der Waals surface area contributed by atoms with Gasteiger partial charge >= 0.3 is 0 Å². The van der Waals surface area contributed by atoms with E-state index >= 15 is 0 Å². The third-order valence-electron chi connectivity index (χ3n) is 4.01. The quantitative estimate of drug-likeness (QED) is 0.371. The number of nitrogens with two attached hydrogens (primary N) is 1. The van der Waals surface area contributed by atoms with Gasteiger partial charge in [0.05, 0.1) is 13.2 Å². The highest BCUT2D eigenvalue weighted by atomic mass is 16.5. The molecule has 0 spiro atoms. The van der Waals surface area contributed by atoms with Crippen LogP contribution in [0.2, 0.25) is 0 Å². The minimum Gasteiger partial charge on any atom is -0.494 e. The van der Waals surface area contributed by atoms with Crippen molar-refractivity contribution in [3.05, 3.63) is 78.9 Å². The van der Waals surface area contributed by atoms with Crippen LogP contribution in [0.1, 0.15) is 19.3 Å². The van der Waals surface area contributed by atoms with Gasteiger partial charge in [-0.2, -0.15) is 0 Å². The Balaban J connectivity index is 1.28. The summed E-state index contributed by atoms with van der Waals surface area (Å²) < 4.78 is 17.2. The van der Waals surface area contributed by atoms with E-state index in [2.05, 4.69) is 0 Å². The van der Waals surface area contributed by atoms with Crippen LogP contribution in [0.5, 0.6) is 23.0 Å². The van der Waals surface area contributed by atoms with E-state index < -0.39 is 0 Å². The van der Waals surface area contributed by atoms with Crippen LogP contribution in [-0.4, -0.2) is 13.2 Å². The molecule has 2 N–H and O–H groups in total. The summed E-state index contributed by atoms with van der Waals surface area (Å²) >= 11 is 0. The highest BCUT2D eigenvalue weighted by molar-refractivity contribution is 5.41. The van der Waals surface area contributed by atoms with Crippen molar-refractivity contribution in [2.75, 3.05) is 18.9 Å². The SMILES string of the molecule is Nc1ccc(OCCCCCOc2ccc(Oc3ccccc3)cc2)cc1. The first-order valence-corrected chi connectivity index (χ1v) is 9.24. The number of benzene rings is 3. The van der Waals surface area contributed by atoms with Crippen molar-refractivity contribution < 1.29 is 14.2 Å². The van der Waals surface area contributed by atoms with Crippen molar-refractivity contribution in [1.82, 2.24) is 0 Å². The minimum absolute atomic E-state index is 0.695. The summed E-state index contributed by atoms with van der Waals surface area (Å²) in [5.41, 5.74) is 6.40. The predicted molar refractivity (Wildman–Crippen MR) is 109 cm³/mol. The lowest BCUT2D eigenvalue weighted by Crippen LogP contribution is -2.01. The van der Waals surface area contributed by atoms with Gasteiger partial charge in [0.15, 0.2) is 0 Å². The number of rotatable bonds is 10. The molecular weight excluding hydrogens is 338 g/mol. The molecule has 0 aliphatic rings. The maximum absolute atomic E-state index is 5.78. The lowest BCUT2D eigenvalue weighted by atomic mass is 10.2. The molecule has 4 nitrogen and oxygen atoms in total. The molecule has 3 aromatic carbocycles. The Hall–Kier alpha value is -3.14. The predicted octanol–water partition coefficient (Wildman–Crippen LogP) is 5.69. The zero-order valence-electron chi connectivity index (χ0n) is 15.3. The summed E-state index contributed by atoms with van der Waals surface area (Å²) in [4.78, 5) is 0. The monoisotopic (exact) mass is 363 g/mol. The van der Waals surface area contributed by atoms with Gasteiger partial charge in [0.25, 0.3) is 0 Å². The Morgan fingerprint density at radius 1 is 0.519 bits per heavy atom. The number of unbranched alkanes of at least 4 members (excludes halogenated alkanes) is 2. The van der Waals surface area contributed by atoms with Crippen molar-refractivity contribution in [3.8, 4) is 23.0 Å². The van der Waals surface area contributed by atoms with Gasteiger partial charge in [0.2, 0.25) is 0 Å². The molecule has 4 heteroatoms. The molecule has 0 heterocycles. The number of hydrogen-bond acceptors (Lipinski definition) is 4. The first kappa shape index (κ1) is 18.6. The molecule has 3 rings (SSSR count). The van der Waals surface area contributed by atoms with Crippen LogP contribution < -0.4 is 19.9 Å². The first-order chi connectivity index (χ1) is 13.3. The normalized spacial score (nSPS) is 10.4. The molecule has 0 aliphatic heterocycles. The van der Waals surface area contributed by atoms with Gasteiger partial charge in [0.1, 0.15) is 23.0 Å². The molecule has 27 heavy (non-hydrogen) atoms. The molecule has 0 amide bonds. The topological polar surface area (TPSA) is 53.7 Å². The van der Waals surface area contributed by atoms with Gasteiger partial charge in [0, 0.05) is 5.69 Å². The van der Waals surface area contributed by atoms with Crippen LogP contribution >= 0.6 is 0 Å². The molecule has 0 radical (unpaired) electrons. The lowest BCUT2D eigenvalue weighted by molar-refractivity contribution is 0.279. The first-order valence-electron chi connectivity index (χ1n) is 9.24. The van der Waals surface area contributed by atoms with Crippen LogP contribution in [0.15, 0.2) is 78.9 Å². The molecule has 3 aromatic rings. The van der Waals surface area contributed by atoms with E-state index in [9.17, 15) is 0 Å². The second-order valence-corrected chi connectivity index (χ2v) is 6.21. The Morgan fingerprint density at radius 3 is 1.59 bits per heavy atom. The van der Waals surface area contributed by atoms with E-state index in [0.29, 0.717) is 13.2 Å². The Kier molecular flexibility index (Phi) is 6.99. The maximum Gasteiger partial charge on any atom is 0.127 e. The molecule has 0 atom stereocenters. The maximum atomic E-state index is 5.78. The molecule has 0 saturated heterocycles. The summed E-state index contributed by atoms with van der Waals surface area (Å²) in [6.07, 6.45) is 3.05. The number of ether oxygens (including phenoxy) is 3. The van der Waals surface area contributed by atoms with Gasteiger partial charge in [-0.25, -0.2) is 0 Å². The van der Waals surface area contributed by atoms with E-state index in [1.807, 2.05) is 78.9 Å². The molecule has 0 saturated carbocycles. The highest BCUT2D eigenvalue weighted by Crippen LogP contribution is 2.23. The van der Waals surface area contributed by atoms with Gasteiger partial charge < -0.3 is 19.9 Å². The number of nitrogen functional groups attached to an aromatic ring is 1. The number of hydrogen-bond donors (Lipinski definition) is 1. The third-order valence-corrected chi connectivity index (χ3v) is 4.01. The highest BCUT2D eigenvalue weighted by Gasteiger charge is 1.99. The molecule has 0 fully saturated rings. The van der Waals surface area contributed by atoms with Gasteiger partial charge in [-0.1, -0.05) is 18.2 Å². The van der Waals surface area contributed by atoms with Crippen LogP contribution in [-0.2, 0) is 0 Å². The molecule has 0 unspecified atom stereocenters. The van der Waals surface area contributed by atoms with E-state index in [1.165, 1.54) is 0 Å². The fraction of sp³-hybridized carbons (Fsp3) is 0.217. The van der Waals surface area contributed by atoms with E-state index in [0.717, 1.165) is 47.9 Å². The average Bonchev–Trinajstić information content (AvgIpc) is 2.71. The Morgan fingerprint density at radius 2 is 1.00 bits per heavy atom. The Bertz CT molecular complexity index is 786. The van der Waals surface area contributed by atoms with Gasteiger partial charge in [-0.15, -0.1) is 0 Å². The molecule has 0 aromatic heterocycles. The van der Waals surface area contributed by atoms with Crippen LogP contribution in [0, 0.1) is 0 Å². The summed E-state index contributed by atoms with van der Waals surface area (Å²) in [7, 11) is 0. The fourth-order valence-electron chi connectivity index (χ4n) is 2.55. The zero-order chi connectivity index (χ0) is 18.7. The largest absolute Gasteiger partial charge is 0.494 e. The van der Waals surface area contributed by atoms with E-state index in [-0.39, 0.29) is 0 Å². The minimum atomic E-state index is 0.695. The van der Waals surface area contributed by atoms with Gasteiger partial charge in [-0.05, 0) is 79.9 Å². The number of anilines is 1. The summed E-state index contributed by atoms with van der Waals surface area (Å²) in [6, 6.07) is 24.9. The van der Waals surface area contributed by atoms with Crippen LogP contribution in [0.25, 0.3) is 0 Å². The van der Waals surface area contributed by atoms with Crippen molar-refractivity contribution >= 4 is 5.69 Å². The molecular formula is C23H25NO3. The van der Waals surface area contributed by atoms with Crippen LogP contribution in [0.3, 0.4) is 0 Å². The summed E-state index contributed by atoms with van der Waals surface area (Å²) in [5.74, 6) is 3.34. The standard InChI is InChI=1S/C23H25NO3/c24-19-9-11-20(12-10-19)25-17-5-2-6-18-26-21-13-15-23(16-14-21)27-22-7-3-1-4-8-22/h1,3-4,7-16H,2,5-6,17-18,24H2. The van der Waals surface area contributed by atoms with Crippen LogP contribution in [0.4, 0.5) is 5.69 Å². The smallest absolute Gasteiger partial charge is 0.127 e. The van der Waals surface area contributed by atoms with Crippen molar-refractivity contribution in [2.24, 2.45) is 0 Å². The third kappa shape index (κ3) is 6.59. The summed E-state index contributed by atoms with van der Waals surface area (Å²) in [6.45, 7) is 1.40. The average molecular weight is 363 g/mol.